The molecule has 8 heteroatoms. The van der Waals surface area contributed by atoms with Crippen molar-refractivity contribution in [3.8, 4) is 0 Å². The Balaban J connectivity index is 3.04. The molecule has 0 saturated heterocycles. The largest absolute Gasteiger partial charge is 0.390 e. The first kappa shape index (κ1) is 13.4. The van der Waals surface area contributed by atoms with Crippen molar-refractivity contribution in [2.75, 3.05) is 0 Å². The predicted octanol–water partition coefficient (Wildman–Crippen LogP) is 2.69. The molecule has 0 amide bonds. The molecule has 17 heavy (non-hydrogen) atoms. The Bertz CT molecular complexity index is 433. The van der Waals surface area contributed by atoms with Crippen molar-refractivity contribution in [2.45, 2.75) is 18.6 Å². The molecule has 0 heterocycles. The van der Waals surface area contributed by atoms with Crippen molar-refractivity contribution in [2.24, 2.45) is 5.73 Å². The van der Waals surface area contributed by atoms with Crippen LogP contribution in [0.25, 0.3) is 0 Å². The van der Waals surface area contributed by atoms with E-state index in [1.165, 1.54) is 0 Å². The zero-order valence-electron chi connectivity index (χ0n) is 8.37. The van der Waals surface area contributed by atoms with E-state index in [0.29, 0.717) is 6.07 Å². The van der Waals surface area contributed by atoms with Crippen LogP contribution in [0.3, 0.4) is 0 Å². The number of alkyl halides is 3. The van der Waals surface area contributed by atoms with Gasteiger partial charge in [-0.3, -0.25) is 10.1 Å². The second kappa shape index (κ2) is 4.66. The number of hydrogen-bond acceptors (Lipinski definition) is 3. The summed E-state index contributed by atoms with van der Waals surface area (Å²) in [6.07, 6.45) is -6.00. The molecule has 0 radical (unpaired) electrons. The normalized spacial score (nSPS) is 13.5. The van der Waals surface area contributed by atoms with Crippen LogP contribution in [0.15, 0.2) is 18.2 Å². The number of hydrogen-bond donors (Lipinski definition) is 1. The Morgan fingerprint density at radius 3 is 2.47 bits per heavy atom. The number of halogens is 4. The SMILES string of the molecule is N[C@H](CC(F)(F)F)c1cc([N+](=O)[O-])ccc1F. The number of nitro groups is 1. The number of nitrogens with zero attached hydrogens (tertiary/aromatic N) is 1. The first-order valence-corrected chi connectivity index (χ1v) is 4.47. The lowest BCUT2D eigenvalue weighted by Gasteiger charge is -2.14. The molecular formula is C9H8F4N2O2. The zero-order valence-corrected chi connectivity index (χ0v) is 8.37. The summed E-state index contributed by atoms with van der Waals surface area (Å²) in [6.45, 7) is 0. The molecule has 1 aromatic rings. The minimum Gasteiger partial charge on any atom is -0.324 e. The molecule has 4 nitrogen and oxygen atoms in total. The molecule has 1 aromatic carbocycles. The molecule has 0 unspecified atom stereocenters. The molecule has 0 fully saturated rings. The van der Waals surface area contributed by atoms with E-state index in [2.05, 4.69) is 0 Å². The second-order valence-electron chi connectivity index (χ2n) is 3.39. The molecule has 1 rings (SSSR count). The summed E-state index contributed by atoms with van der Waals surface area (Å²) >= 11 is 0. The van der Waals surface area contributed by atoms with Gasteiger partial charge in [-0.05, 0) is 6.07 Å². The predicted molar refractivity (Wildman–Crippen MR) is 50.7 cm³/mol. The first-order chi connectivity index (χ1) is 7.70. The molecule has 0 aliphatic carbocycles. The van der Waals surface area contributed by atoms with Crippen LogP contribution < -0.4 is 5.73 Å². The van der Waals surface area contributed by atoms with Gasteiger partial charge in [0.05, 0.1) is 11.3 Å². The fourth-order valence-electron chi connectivity index (χ4n) is 1.29. The van der Waals surface area contributed by atoms with Gasteiger partial charge in [-0.1, -0.05) is 0 Å². The Morgan fingerprint density at radius 1 is 1.41 bits per heavy atom. The van der Waals surface area contributed by atoms with Crippen LogP contribution in [0, 0.1) is 15.9 Å². The van der Waals surface area contributed by atoms with Crippen LogP contribution in [0.1, 0.15) is 18.0 Å². The lowest BCUT2D eigenvalue weighted by Crippen LogP contribution is -2.21. The van der Waals surface area contributed by atoms with Gasteiger partial charge in [0.1, 0.15) is 5.82 Å². The molecule has 0 aliphatic rings. The highest BCUT2D eigenvalue weighted by atomic mass is 19.4. The molecule has 0 aromatic heterocycles. The first-order valence-electron chi connectivity index (χ1n) is 4.47. The Morgan fingerprint density at radius 2 is 2.00 bits per heavy atom. The minimum absolute atomic E-state index is 0.501. The van der Waals surface area contributed by atoms with Gasteiger partial charge in [0.2, 0.25) is 0 Å². The number of benzene rings is 1. The molecule has 2 N–H and O–H groups in total. The van der Waals surface area contributed by atoms with Crippen LogP contribution in [-0.4, -0.2) is 11.1 Å². The molecule has 0 saturated carbocycles. The molecule has 1 atom stereocenters. The van der Waals surface area contributed by atoms with Crippen LogP contribution in [0.5, 0.6) is 0 Å². The number of nitrogens with two attached hydrogens (primary N) is 1. The average molecular weight is 252 g/mol. The van der Waals surface area contributed by atoms with E-state index in [-0.39, 0.29) is 0 Å². The van der Waals surface area contributed by atoms with Gasteiger partial charge >= 0.3 is 6.18 Å². The molecule has 0 bridgehead atoms. The van der Waals surface area contributed by atoms with Crippen molar-refractivity contribution >= 4 is 5.69 Å². The summed E-state index contributed by atoms with van der Waals surface area (Å²) in [7, 11) is 0. The van der Waals surface area contributed by atoms with E-state index in [1.54, 1.807) is 0 Å². The van der Waals surface area contributed by atoms with Gasteiger partial charge in [0.15, 0.2) is 0 Å². The van der Waals surface area contributed by atoms with E-state index in [9.17, 15) is 27.7 Å². The smallest absolute Gasteiger partial charge is 0.324 e. The summed E-state index contributed by atoms with van der Waals surface area (Å²) in [5.74, 6) is -0.993. The molecule has 94 valence electrons. The number of rotatable bonds is 3. The van der Waals surface area contributed by atoms with E-state index in [0.717, 1.165) is 12.1 Å². The maximum absolute atomic E-state index is 13.2. The molecule has 0 aliphatic heterocycles. The van der Waals surface area contributed by atoms with Gasteiger partial charge in [-0.25, -0.2) is 4.39 Å². The number of non-ortho nitro benzene ring substituents is 1. The van der Waals surface area contributed by atoms with Crippen molar-refractivity contribution in [1.82, 2.24) is 0 Å². The van der Waals surface area contributed by atoms with Crippen molar-refractivity contribution < 1.29 is 22.5 Å². The summed E-state index contributed by atoms with van der Waals surface area (Å²) in [6, 6.07) is 0.643. The van der Waals surface area contributed by atoms with Gasteiger partial charge in [-0.2, -0.15) is 13.2 Å². The minimum atomic E-state index is -4.56. The maximum atomic E-state index is 13.2. The zero-order chi connectivity index (χ0) is 13.2. The third-order valence-corrected chi connectivity index (χ3v) is 2.04. The standard InChI is InChI=1S/C9H8F4N2O2/c10-7-2-1-5(15(16)17)3-6(7)8(14)4-9(11,12)13/h1-3,8H,4,14H2/t8-/m1/s1. The van der Waals surface area contributed by atoms with E-state index in [4.69, 9.17) is 5.73 Å². The van der Waals surface area contributed by atoms with Crippen molar-refractivity contribution in [3.05, 3.63) is 39.7 Å². The summed E-state index contributed by atoms with van der Waals surface area (Å²) in [4.78, 5) is 9.56. The topological polar surface area (TPSA) is 69.2 Å². The highest BCUT2D eigenvalue weighted by Crippen LogP contribution is 2.30. The molecular weight excluding hydrogens is 244 g/mol. The van der Waals surface area contributed by atoms with Crippen molar-refractivity contribution in [1.29, 1.82) is 0 Å². The van der Waals surface area contributed by atoms with Crippen LogP contribution >= 0.6 is 0 Å². The van der Waals surface area contributed by atoms with Gasteiger partial charge in [0.25, 0.3) is 5.69 Å². The third-order valence-electron chi connectivity index (χ3n) is 2.04. The molecule has 0 spiro atoms. The lowest BCUT2D eigenvalue weighted by atomic mass is 10.0. The van der Waals surface area contributed by atoms with Gasteiger partial charge in [0, 0.05) is 23.7 Å². The van der Waals surface area contributed by atoms with Gasteiger partial charge < -0.3 is 5.73 Å². The van der Waals surface area contributed by atoms with Crippen LogP contribution in [0.2, 0.25) is 0 Å². The highest BCUT2D eigenvalue weighted by molar-refractivity contribution is 5.36. The highest BCUT2D eigenvalue weighted by Gasteiger charge is 2.32. The fraction of sp³-hybridized carbons (Fsp3) is 0.333. The lowest BCUT2D eigenvalue weighted by molar-refractivity contribution is -0.385. The second-order valence-corrected chi connectivity index (χ2v) is 3.39. The quantitative estimate of drug-likeness (QED) is 0.510. The van der Waals surface area contributed by atoms with E-state index >= 15 is 0 Å². The van der Waals surface area contributed by atoms with Crippen LogP contribution in [0.4, 0.5) is 23.2 Å². The summed E-state index contributed by atoms with van der Waals surface area (Å²) in [5, 5.41) is 10.4. The van der Waals surface area contributed by atoms with Crippen molar-refractivity contribution in [3.63, 3.8) is 0 Å². The Kier molecular flexibility index (Phi) is 3.66. The van der Waals surface area contributed by atoms with E-state index in [1.807, 2.05) is 0 Å². The maximum Gasteiger partial charge on any atom is 0.390 e. The van der Waals surface area contributed by atoms with Gasteiger partial charge in [-0.15, -0.1) is 0 Å². The van der Waals surface area contributed by atoms with Crippen LogP contribution in [-0.2, 0) is 0 Å². The Hall–Kier alpha value is -1.70. The summed E-state index contributed by atoms with van der Waals surface area (Å²) in [5.41, 5.74) is 4.15. The number of nitro benzene ring substituents is 1. The monoisotopic (exact) mass is 252 g/mol. The average Bonchev–Trinajstić information content (AvgIpc) is 2.14. The Labute approximate surface area is 93.2 Å². The third kappa shape index (κ3) is 3.66. The summed E-state index contributed by atoms with van der Waals surface area (Å²) < 4.78 is 49.3. The fourth-order valence-corrected chi connectivity index (χ4v) is 1.29. The van der Waals surface area contributed by atoms with E-state index < -0.39 is 40.6 Å².